The number of likely N-dealkylation sites (tertiary alicyclic amines) is 1. The van der Waals surface area contributed by atoms with Crippen molar-refractivity contribution in [3.8, 4) is 0 Å². The van der Waals surface area contributed by atoms with E-state index in [0.717, 1.165) is 12.0 Å². The van der Waals surface area contributed by atoms with Crippen molar-refractivity contribution in [2.75, 3.05) is 6.54 Å². The molecule has 0 amide bonds. The molecule has 0 spiro atoms. The second kappa shape index (κ2) is 9.68. The van der Waals surface area contributed by atoms with Gasteiger partial charge in [0.05, 0.1) is 0 Å². The Morgan fingerprint density at radius 1 is 0.818 bits per heavy atom. The first kappa shape index (κ1) is 25.0. The van der Waals surface area contributed by atoms with E-state index in [1.54, 1.807) is 0 Å². The summed E-state index contributed by atoms with van der Waals surface area (Å²) in [6.45, 7) is 12.0. The molecule has 1 heterocycles. The molecule has 1 atom stereocenters. The molecule has 2 aromatic rings. The number of carbonyl (C=O) groups is 2. The number of carbonyl (C=O) groups excluding carboxylic acids is 2. The molecule has 0 aliphatic carbocycles. The van der Waals surface area contributed by atoms with Crippen LogP contribution in [0.25, 0.3) is 0 Å². The maximum Gasteiger partial charge on any atom is 0.338 e. The van der Waals surface area contributed by atoms with Crippen molar-refractivity contribution in [3.05, 3.63) is 71.8 Å². The SMILES string of the molecule is CC(C)(C)OC(=O)C1(C(=O)OC(C)(C)C)C[C@H](Cc2ccccc2)CN1Cc1ccccc1. The highest BCUT2D eigenvalue weighted by Crippen LogP contribution is 2.40. The predicted octanol–water partition coefficient (Wildman–Crippen LogP) is 5.17. The molecule has 1 saturated heterocycles. The van der Waals surface area contributed by atoms with Gasteiger partial charge >= 0.3 is 11.9 Å². The second-order valence-corrected chi connectivity index (χ2v) is 11.0. The lowest BCUT2D eigenvalue weighted by Crippen LogP contribution is -2.59. The zero-order chi connectivity index (χ0) is 24.3. The lowest BCUT2D eigenvalue weighted by atomic mass is 9.88. The summed E-state index contributed by atoms with van der Waals surface area (Å²) in [6, 6.07) is 20.1. The minimum atomic E-state index is -1.49. The molecular formula is C28H37NO4. The average molecular weight is 452 g/mol. The Morgan fingerprint density at radius 3 is 1.73 bits per heavy atom. The van der Waals surface area contributed by atoms with Gasteiger partial charge in [0, 0.05) is 13.1 Å². The van der Waals surface area contributed by atoms with E-state index >= 15 is 0 Å². The Bertz CT molecular complexity index is 913. The summed E-state index contributed by atoms with van der Waals surface area (Å²) in [6.07, 6.45) is 1.14. The minimum Gasteiger partial charge on any atom is -0.458 e. The highest BCUT2D eigenvalue weighted by molar-refractivity contribution is 6.05. The van der Waals surface area contributed by atoms with Gasteiger partial charge in [0.15, 0.2) is 0 Å². The van der Waals surface area contributed by atoms with Crippen LogP contribution in [0.15, 0.2) is 60.7 Å². The fraction of sp³-hybridized carbons (Fsp3) is 0.500. The first-order chi connectivity index (χ1) is 15.4. The quantitative estimate of drug-likeness (QED) is 0.448. The third-order valence-corrected chi connectivity index (χ3v) is 5.66. The van der Waals surface area contributed by atoms with Crippen LogP contribution in [0.3, 0.4) is 0 Å². The third-order valence-electron chi connectivity index (χ3n) is 5.66. The Morgan fingerprint density at radius 2 is 1.27 bits per heavy atom. The van der Waals surface area contributed by atoms with Crippen LogP contribution in [0.2, 0.25) is 0 Å². The lowest BCUT2D eigenvalue weighted by Gasteiger charge is -2.37. The van der Waals surface area contributed by atoms with Crippen LogP contribution < -0.4 is 0 Å². The Kier molecular flexibility index (Phi) is 7.32. The van der Waals surface area contributed by atoms with E-state index in [0.29, 0.717) is 19.5 Å². The maximum absolute atomic E-state index is 13.7. The first-order valence-corrected chi connectivity index (χ1v) is 11.7. The maximum atomic E-state index is 13.7. The summed E-state index contributed by atoms with van der Waals surface area (Å²) < 4.78 is 11.7. The summed E-state index contributed by atoms with van der Waals surface area (Å²) in [5.74, 6) is -0.956. The number of ether oxygens (including phenoxy) is 2. The molecule has 0 saturated carbocycles. The number of nitrogens with zero attached hydrogens (tertiary/aromatic N) is 1. The monoisotopic (exact) mass is 451 g/mol. The van der Waals surface area contributed by atoms with Crippen molar-refractivity contribution >= 4 is 11.9 Å². The largest absolute Gasteiger partial charge is 0.458 e. The van der Waals surface area contributed by atoms with E-state index < -0.39 is 28.7 Å². The fourth-order valence-corrected chi connectivity index (χ4v) is 4.40. The van der Waals surface area contributed by atoms with E-state index in [1.165, 1.54) is 5.56 Å². The predicted molar refractivity (Wildman–Crippen MR) is 130 cm³/mol. The van der Waals surface area contributed by atoms with Gasteiger partial charge in [-0.2, -0.15) is 0 Å². The summed E-state index contributed by atoms with van der Waals surface area (Å²) in [5.41, 5.74) is -0.708. The molecule has 3 rings (SSSR count). The number of rotatable bonds is 6. The third kappa shape index (κ3) is 6.44. The first-order valence-electron chi connectivity index (χ1n) is 11.7. The van der Waals surface area contributed by atoms with Crippen molar-refractivity contribution in [2.45, 2.75) is 77.7 Å². The van der Waals surface area contributed by atoms with Gasteiger partial charge in [-0.3, -0.25) is 4.90 Å². The fourth-order valence-electron chi connectivity index (χ4n) is 4.40. The van der Waals surface area contributed by atoms with Crippen molar-refractivity contribution in [1.82, 2.24) is 4.90 Å². The Hall–Kier alpha value is -2.66. The number of hydrogen-bond acceptors (Lipinski definition) is 5. The molecule has 1 fully saturated rings. The second-order valence-electron chi connectivity index (χ2n) is 11.0. The molecule has 1 aliphatic rings. The molecule has 0 radical (unpaired) electrons. The molecule has 5 heteroatoms. The Balaban J connectivity index is 2.02. The molecule has 2 aromatic carbocycles. The minimum absolute atomic E-state index is 0.108. The summed E-state index contributed by atoms with van der Waals surface area (Å²) >= 11 is 0. The van der Waals surface area contributed by atoms with E-state index in [4.69, 9.17) is 9.47 Å². The summed E-state index contributed by atoms with van der Waals surface area (Å²) in [5, 5.41) is 0. The van der Waals surface area contributed by atoms with Gasteiger partial charge in [-0.25, -0.2) is 9.59 Å². The van der Waals surface area contributed by atoms with E-state index in [1.807, 2.05) is 95.0 Å². The molecule has 5 nitrogen and oxygen atoms in total. The van der Waals surface area contributed by atoms with Crippen LogP contribution in [-0.2, 0) is 32.0 Å². The standard InChI is InChI=1S/C28H37NO4/c1-26(2,3)32-24(30)28(25(31)33-27(4,5)6)18-23(17-21-13-9-7-10-14-21)20-29(28)19-22-15-11-8-12-16-22/h7-16,23H,17-20H2,1-6H3/t23-/m0/s1. The van der Waals surface area contributed by atoms with Gasteiger partial charge in [-0.1, -0.05) is 60.7 Å². The van der Waals surface area contributed by atoms with Crippen LogP contribution in [0.4, 0.5) is 0 Å². The molecule has 178 valence electrons. The molecule has 0 unspecified atom stereocenters. The molecule has 0 N–H and O–H groups in total. The van der Waals surface area contributed by atoms with Crippen molar-refractivity contribution in [3.63, 3.8) is 0 Å². The van der Waals surface area contributed by atoms with Gasteiger partial charge < -0.3 is 9.47 Å². The number of benzene rings is 2. The highest BCUT2D eigenvalue weighted by atomic mass is 16.6. The van der Waals surface area contributed by atoms with Crippen molar-refractivity contribution in [2.24, 2.45) is 5.92 Å². The van der Waals surface area contributed by atoms with E-state index in [2.05, 4.69) is 12.1 Å². The zero-order valence-corrected chi connectivity index (χ0v) is 20.8. The van der Waals surface area contributed by atoms with E-state index in [-0.39, 0.29) is 5.92 Å². The van der Waals surface area contributed by atoms with Gasteiger partial charge in [-0.05, 0) is 71.4 Å². The van der Waals surface area contributed by atoms with Crippen molar-refractivity contribution in [1.29, 1.82) is 0 Å². The van der Waals surface area contributed by atoms with Gasteiger partial charge in [-0.15, -0.1) is 0 Å². The summed E-state index contributed by atoms with van der Waals surface area (Å²) in [4.78, 5) is 29.5. The number of hydrogen-bond donors (Lipinski definition) is 0. The summed E-state index contributed by atoms with van der Waals surface area (Å²) in [7, 11) is 0. The Labute approximate surface area is 198 Å². The van der Waals surface area contributed by atoms with Crippen LogP contribution in [0.5, 0.6) is 0 Å². The van der Waals surface area contributed by atoms with Crippen LogP contribution in [-0.4, -0.2) is 40.1 Å². The van der Waals surface area contributed by atoms with Gasteiger partial charge in [0.25, 0.3) is 0 Å². The zero-order valence-electron chi connectivity index (χ0n) is 20.8. The molecular weight excluding hydrogens is 414 g/mol. The van der Waals surface area contributed by atoms with Gasteiger partial charge in [0.1, 0.15) is 11.2 Å². The van der Waals surface area contributed by atoms with Gasteiger partial charge in [0.2, 0.25) is 5.54 Å². The molecule has 0 aromatic heterocycles. The average Bonchev–Trinajstić information content (AvgIpc) is 3.06. The van der Waals surface area contributed by atoms with Crippen molar-refractivity contribution < 1.29 is 19.1 Å². The van der Waals surface area contributed by atoms with Crippen LogP contribution >= 0.6 is 0 Å². The number of esters is 2. The molecule has 0 bridgehead atoms. The smallest absolute Gasteiger partial charge is 0.338 e. The normalized spacial score (nSPS) is 18.7. The molecule has 33 heavy (non-hydrogen) atoms. The topological polar surface area (TPSA) is 55.8 Å². The molecule has 1 aliphatic heterocycles. The van der Waals surface area contributed by atoms with E-state index in [9.17, 15) is 9.59 Å². The van der Waals surface area contributed by atoms with Crippen LogP contribution in [0.1, 0.15) is 59.1 Å². The lowest BCUT2D eigenvalue weighted by molar-refractivity contribution is -0.186. The van der Waals surface area contributed by atoms with Crippen LogP contribution in [0, 0.1) is 5.92 Å². The highest BCUT2D eigenvalue weighted by Gasteiger charge is 2.60.